The lowest BCUT2D eigenvalue weighted by molar-refractivity contribution is -0.137. The van der Waals surface area contributed by atoms with Gasteiger partial charge in [-0.25, -0.2) is 4.39 Å². The Bertz CT molecular complexity index is 378. The van der Waals surface area contributed by atoms with Crippen LogP contribution in [0.2, 0.25) is 0 Å². The molecule has 0 radical (unpaired) electrons. The van der Waals surface area contributed by atoms with Gasteiger partial charge < -0.3 is 5.11 Å². The van der Waals surface area contributed by atoms with Gasteiger partial charge in [0, 0.05) is 16.6 Å². The molecule has 1 N–H and O–H groups in total. The van der Waals surface area contributed by atoms with Crippen molar-refractivity contribution in [3.63, 3.8) is 0 Å². The number of hydrogen-bond acceptors (Lipinski definition) is 2. The summed E-state index contributed by atoms with van der Waals surface area (Å²) in [5.41, 5.74) is 0.845. The molecule has 0 spiro atoms. The van der Waals surface area contributed by atoms with Crippen molar-refractivity contribution in [1.82, 2.24) is 0 Å². The van der Waals surface area contributed by atoms with Crippen molar-refractivity contribution in [3.05, 3.63) is 29.6 Å². The van der Waals surface area contributed by atoms with E-state index in [1.54, 1.807) is 17.8 Å². The quantitative estimate of drug-likeness (QED) is 0.818. The lowest BCUT2D eigenvalue weighted by Gasteiger charge is -2.06. The fourth-order valence-electron chi connectivity index (χ4n) is 1.63. The summed E-state index contributed by atoms with van der Waals surface area (Å²) >= 11 is 1.60. The molecule has 2 nitrogen and oxygen atoms in total. The minimum Gasteiger partial charge on any atom is -0.481 e. The summed E-state index contributed by atoms with van der Waals surface area (Å²) in [7, 11) is 0. The van der Waals surface area contributed by atoms with Crippen LogP contribution in [0, 0.1) is 5.82 Å². The molecule has 14 heavy (non-hydrogen) atoms. The second-order valence-corrected chi connectivity index (χ2v) is 4.35. The summed E-state index contributed by atoms with van der Waals surface area (Å²) < 4.78 is 12.9. The molecule has 1 aliphatic rings. The minimum absolute atomic E-state index is 0.0387. The third-order valence-corrected chi connectivity index (χ3v) is 3.52. The second kappa shape index (κ2) is 3.61. The minimum atomic E-state index is -0.826. The number of carboxylic acid groups (broad SMARTS) is 1. The molecule has 1 aromatic rings. The lowest BCUT2D eigenvalue weighted by atomic mass is 9.98. The Kier molecular flexibility index (Phi) is 2.46. The van der Waals surface area contributed by atoms with Crippen molar-refractivity contribution < 1.29 is 14.3 Å². The molecule has 1 unspecified atom stereocenters. The zero-order valence-electron chi connectivity index (χ0n) is 7.37. The number of benzene rings is 1. The molecule has 2 rings (SSSR count). The largest absolute Gasteiger partial charge is 0.481 e. The molecule has 1 aliphatic heterocycles. The highest BCUT2D eigenvalue weighted by Gasteiger charge is 2.25. The summed E-state index contributed by atoms with van der Waals surface area (Å²) in [6.07, 6.45) is 0.0868. The van der Waals surface area contributed by atoms with Gasteiger partial charge in [0.2, 0.25) is 0 Å². The molecule has 74 valence electrons. The van der Waals surface area contributed by atoms with Crippen LogP contribution >= 0.6 is 11.8 Å². The lowest BCUT2D eigenvalue weighted by Crippen LogP contribution is -2.05. The SMILES string of the molecule is O=C(O)CC1CSc2ccc(F)cc21. The van der Waals surface area contributed by atoms with E-state index in [1.165, 1.54) is 12.1 Å². The Hall–Kier alpha value is -1.03. The van der Waals surface area contributed by atoms with Crippen LogP contribution in [0.4, 0.5) is 4.39 Å². The first-order chi connectivity index (χ1) is 6.66. The Labute approximate surface area is 85.1 Å². The smallest absolute Gasteiger partial charge is 0.303 e. The molecule has 0 saturated carbocycles. The molecule has 0 aliphatic carbocycles. The molecule has 0 amide bonds. The van der Waals surface area contributed by atoms with Crippen LogP contribution in [0.15, 0.2) is 23.1 Å². The van der Waals surface area contributed by atoms with E-state index in [0.717, 1.165) is 16.2 Å². The third kappa shape index (κ3) is 1.75. The molecular formula is C10H9FO2S. The first-order valence-electron chi connectivity index (χ1n) is 4.31. The number of hydrogen-bond donors (Lipinski definition) is 1. The monoisotopic (exact) mass is 212 g/mol. The van der Waals surface area contributed by atoms with Crippen LogP contribution in [0.25, 0.3) is 0 Å². The standard InChI is InChI=1S/C10H9FO2S/c11-7-1-2-9-8(4-7)6(5-14-9)3-10(12)13/h1-2,4,6H,3,5H2,(H,12,13). The van der Waals surface area contributed by atoms with Crippen molar-refractivity contribution >= 4 is 17.7 Å². The Morgan fingerprint density at radius 1 is 1.64 bits per heavy atom. The van der Waals surface area contributed by atoms with Crippen LogP contribution in [0.3, 0.4) is 0 Å². The second-order valence-electron chi connectivity index (χ2n) is 3.29. The van der Waals surface area contributed by atoms with Crippen LogP contribution in [0.1, 0.15) is 17.9 Å². The van der Waals surface area contributed by atoms with Crippen molar-refractivity contribution in [2.24, 2.45) is 0 Å². The first kappa shape index (κ1) is 9.52. The number of rotatable bonds is 2. The maximum absolute atomic E-state index is 12.9. The summed E-state index contributed by atoms with van der Waals surface area (Å²) in [5, 5.41) is 8.67. The van der Waals surface area contributed by atoms with Crippen LogP contribution in [-0.2, 0) is 4.79 Å². The molecule has 1 aromatic carbocycles. The Morgan fingerprint density at radius 2 is 2.43 bits per heavy atom. The topological polar surface area (TPSA) is 37.3 Å². The fourth-order valence-corrected chi connectivity index (χ4v) is 2.86. The Morgan fingerprint density at radius 3 is 3.14 bits per heavy atom. The van der Waals surface area contributed by atoms with E-state index in [0.29, 0.717) is 0 Å². The first-order valence-corrected chi connectivity index (χ1v) is 5.29. The summed E-state index contributed by atoms with van der Waals surface area (Å²) in [4.78, 5) is 11.6. The predicted octanol–water partition coefficient (Wildman–Crippen LogP) is 2.49. The number of fused-ring (bicyclic) bond motifs is 1. The number of thioether (sulfide) groups is 1. The van der Waals surface area contributed by atoms with Gasteiger partial charge in [-0.3, -0.25) is 4.79 Å². The van der Waals surface area contributed by atoms with Gasteiger partial charge in [0.25, 0.3) is 0 Å². The van der Waals surface area contributed by atoms with E-state index in [4.69, 9.17) is 5.11 Å². The fraction of sp³-hybridized carbons (Fsp3) is 0.300. The number of carboxylic acids is 1. The zero-order chi connectivity index (χ0) is 10.1. The van der Waals surface area contributed by atoms with Gasteiger partial charge >= 0.3 is 5.97 Å². The Balaban J connectivity index is 2.28. The van der Waals surface area contributed by atoms with Crippen LogP contribution in [0.5, 0.6) is 0 Å². The van der Waals surface area contributed by atoms with E-state index in [-0.39, 0.29) is 18.2 Å². The van der Waals surface area contributed by atoms with Gasteiger partial charge in [-0.15, -0.1) is 11.8 Å². The van der Waals surface area contributed by atoms with Crippen LogP contribution < -0.4 is 0 Å². The summed E-state index contributed by atoms with van der Waals surface area (Å²) in [6.45, 7) is 0. The summed E-state index contributed by atoms with van der Waals surface area (Å²) in [6, 6.07) is 4.58. The molecule has 0 saturated heterocycles. The van der Waals surface area contributed by atoms with E-state index < -0.39 is 5.97 Å². The number of halogens is 1. The number of aliphatic carboxylic acids is 1. The van der Waals surface area contributed by atoms with Gasteiger partial charge in [-0.05, 0) is 23.8 Å². The zero-order valence-corrected chi connectivity index (χ0v) is 8.18. The maximum Gasteiger partial charge on any atom is 0.303 e. The van der Waals surface area contributed by atoms with Crippen molar-refractivity contribution in [2.75, 3.05) is 5.75 Å². The highest BCUT2D eigenvalue weighted by Crippen LogP contribution is 2.41. The maximum atomic E-state index is 12.9. The van der Waals surface area contributed by atoms with Gasteiger partial charge in [0.1, 0.15) is 5.82 Å². The molecular weight excluding hydrogens is 203 g/mol. The molecule has 1 heterocycles. The van der Waals surface area contributed by atoms with Gasteiger partial charge in [-0.1, -0.05) is 0 Å². The van der Waals surface area contributed by atoms with Crippen molar-refractivity contribution in [1.29, 1.82) is 0 Å². The highest BCUT2D eigenvalue weighted by atomic mass is 32.2. The average molecular weight is 212 g/mol. The average Bonchev–Trinajstić information content (AvgIpc) is 2.47. The molecule has 0 aromatic heterocycles. The van der Waals surface area contributed by atoms with E-state index in [2.05, 4.69) is 0 Å². The van der Waals surface area contributed by atoms with Gasteiger partial charge in [-0.2, -0.15) is 0 Å². The van der Waals surface area contributed by atoms with E-state index >= 15 is 0 Å². The van der Waals surface area contributed by atoms with Crippen molar-refractivity contribution in [3.8, 4) is 0 Å². The molecule has 0 fully saturated rings. The molecule has 0 bridgehead atoms. The van der Waals surface area contributed by atoms with Gasteiger partial charge in [0.05, 0.1) is 6.42 Å². The van der Waals surface area contributed by atoms with E-state index in [1.807, 2.05) is 0 Å². The predicted molar refractivity (Wildman–Crippen MR) is 52.1 cm³/mol. The van der Waals surface area contributed by atoms with E-state index in [9.17, 15) is 9.18 Å². The third-order valence-electron chi connectivity index (χ3n) is 2.27. The normalized spacial score (nSPS) is 19.4. The van der Waals surface area contributed by atoms with Crippen LogP contribution in [-0.4, -0.2) is 16.8 Å². The van der Waals surface area contributed by atoms with Crippen molar-refractivity contribution in [2.45, 2.75) is 17.2 Å². The highest BCUT2D eigenvalue weighted by molar-refractivity contribution is 7.99. The van der Waals surface area contributed by atoms with Gasteiger partial charge in [0.15, 0.2) is 0 Å². The molecule has 1 atom stereocenters. The molecule has 4 heteroatoms. The summed E-state index contributed by atoms with van der Waals surface area (Å²) in [5.74, 6) is -0.414. The number of carbonyl (C=O) groups is 1.